The van der Waals surface area contributed by atoms with Crippen molar-refractivity contribution in [2.24, 2.45) is 0 Å². The first kappa shape index (κ1) is 71.8. The van der Waals surface area contributed by atoms with Crippen molar-refractivity contribution in [3.05, 3.63) is 135 Å². The van der Waals surface area contributed by atoms with Crippen molar-refractivity contribution in [3.63, 3.8) is 0 Å². The highest BCUT2D eigenvalue weighted by Gasteiger charge is 2.26. The van der Waals surface area contributed by atoms with E-state index in [1.165, 1.54) is 102 Å². The van der Waals surface area contributed by atoms with Crippen molar-refractivity contribution in [2.75, 3.05) is 0 Å². The Hall–Kier alpha value is -8.51. The summed E-state index contributed by atoms with van der Waals surface area (Å²) < 4.78 is 0. The van der Waals surface area contributed by atoms with E-state index in [9.17, 15) is 0 Å². The summed E-state index contributed by atoms with van der Waals surface area (Å²) in [7, 11) is 0. The molecule has 0 atom stereocenters. The minimum absolute atomic E-state index is 0.787. The summed E-state index contributed by atoms with van der Waals surface area (Å²) in [6, 6.07) is 0. The fourth-order valence-corrected chi connectivity index (χ4v) is 29.7. The van der Waals surface area contributed by atoms with Crippen molar-refractivity contribution in [3.8, 4) is 235 Å². The van der Waals surface area contributed by atoms with Crippen LogP contribution in [0.1, 0.15) is 0 Å². The van der Waals surface area contributed by atoms with Gasteiger partial charge in [0.25, 0.3) is 0 Å². The molecule has 23 nitrogen and oxygen atoms in total. The largest absolute Gasteiger partial charge is 0.242 e. The second kappa shape index (κ2) is 30.4. The third-order valence-corrected chi connectivity index (χ3v) is 35.7. The molecule has 23 rings (SSSR count). The van der Waals surface area contributed by atoms with Crippen LogP contribution in [0.5, 0.6) is 0 Å². The lowest BCUT2D eigenvalue weighted by molar-refractivity contribution is 1.28. The highest BCUT2D eigenvalue weighted by molar-refractivity contribution is 7.23. The molecule has 115 heavy (non-hydrogen) atoms. The maximum absolute atomic E-state index is 5.00. The molecule has 0 aliphatic rings. The molecular formula is C69H24N23S23. The van der Waals surface area contributed by atoms with Crippen LogP contribution in [0.15, 0.2) is 129 Å². The lowest BCUT2D eigenvalue weighted by atomic mass is 10.4. The van der Waals surface area contributed by atoms with E-state index in [1.807, 2.05) is 129 Å². The first-order valence-electron chi connectivity index (χ1n) is 32.6. The zero-order valence-corrected chi connectivity index (χ0v) is 74.8. The monoisotopic (exact) mass is 1910 g/mol. The van der Waals surface area contributed by atoms with E-state index in [1.54, 1.807) is 159 Å². The topological polar surface area (TPSA) is 296 Å². The van der Waals surface area contributed by atoms with E-state index >= 15 is 0 Å². The van der Waals surface area contributed by atoms with Crippen LogP contribution in [0.4, 0.5) is 0 Å². The summed E-state index contributed by atoms with van der Waals surface area (Å²) in [6.45, 7) is 0. The normalized spacial score (nSPS) is 11.8. The fraction of sp³-hybridized carbons (Fsp3) is 0. The second-order valence-electron chi connectivity index (χ2n) is 23.5. The van der Waals surface area contributed by atoms with E-state index in [0.717, 1.165) is 235 Å². The van der Waals surface area contributed by atoms with Crippen molar-refractivity contribution in [1.29, 1.82) is 0 Å². The summed E-state index contributed by atoms with van der Waals surface area (Å²) in [5.41, 5.74) is 19.6. The summed E-state index contributed by atoms with van der Waals surface area (Å²) in [5, 5.41) is 64.5. The van der Waals surface area contributed by atoms with Crippen molar-refractivity contribution < 1.29 is 0 Å². The number of aromatic nitrogens is 23. The summed E-state index contributed by atoms with van der Waals surface area (Å²) in [5.74, 6) is 0. The van der Waals surface area contributed by atoms with Crippen LogP contribution in [-0.2, 0) is 0 Å². The quantitative estimate of drug-likeness (QED) is 0.0609. The van der Waals surface area contributed by atoms with Gasteiger partial charge in [-0.15, -0.1) is 261 Å². The van der Waals surface area contributed by atoms with Crippen LogP contribution in [0, 0.1) is 6.20 Å². The Balaban J connectivity index is 0.393. The molecule has 23 aromatic heterocycles. The predicted molar refractivity (Wildman–Crippen MR) is 485 cm³/mol. The van der Waals surface area contributed by atoms with Crippen molar-refractivity contribution in [1.82, 2.24) is 115 Å². The van der Waals surface area contributed by atoms with E-state index in [4.69, 9.17) is 105 Å². The zero-order chi connectivity index (χ0) is 75.6. The molecule has 0 saturated carbocycles. The Bertz CT molecular complexity index is 6900. The molecule has 0 unspecified atom stereocenters. The second-order valence-corrected chi connectivity index (χ2v) is 43.0. The van der Waals surface area contributed by atoms with Crippen LogP contribution in [0.2, 0.25) is 0 Å². The molecule has 0 amide bonds. The maximum Gasteiger partial charge on any atom is 0.143 e. The standard InChI is InChI=1S/C69H24N23S23/c1-2-94-48(70-1)27-4-96-50(72-27)29-6-98-52(74-29)31-8-100-54(76-31)33-10-102-56(78-33)35-12-104-58(80-35)37-14-106-60(82-37)39-16-108-62(84-39)41-18-110-64(86-41)43-20-112-66(88-43)45-22-114-68(90-45)47-24-115-69(92-47)46-23-113-67(91-46)44-21-111-65(89-44)42-19-109-63(87-42)40-17-107-61(85-40)38-15-105-59(83-38)36-13-103-57(81-36)34-11-101-55(79-34)32-9-99-53(77-32)30-7-97-51(75-30)28-5-95-49(73-28)26-3-93-25-71-26/h2-25H. The van der Waals surface area contributed by atoms with Gasteiger partial charge in [0.05, 0.1) is 5.51 Å². The number of hydrogen-bond acceptors (Lipinski definition) is 46. The molecule has 553 valence electrons. The minimum Gasteiger partial charge on any atom is -0.242 e. The van der Waals surface area contributed by atoms with E-state index in [2.05, 4.69) is 16.2 Å². The average molecular weight is 1910 g/mol. The van der Waals surface area contributed by atoms with Gasteiger partial charge in [-0.3, -0.25) is 0 Å². The summed E-state index contributed by atoms with van der Waals surface area (Å²) in [4.78, 5) is 113. The first-order chi connectivity index (χ1) is 56.8. The third kappa shape index (κ3) is 14.2. The van der Waals surface area contributed by atoms with Crippen molar-refractivity contribution in [2.45, 2.75) is 0 Å². The summed E-state index contributed by atoms with van der Waals surface area (Å²) >= 11 is 35.5. The van der Waals surface area contributed by atoms with Crippen LogP contribution < -0.4 is 0 Å². The number of hydrogen-bond donors (Lipinski definition) is 0. The molecular weight excluding hydrogens is 1890 g/mol. The van der Waals surface area contributed by atoms with Gasteiger partial charge < -0.3 is 0 Å². The molecule has 0 fully saturated rings. The summed E-state index contributed by atoms with van der Waals surface area (Å²) in [6.07, 6.45) is 2.86. The molecule has 23 aromatic rings. The highest BCUT2D eigenvalue weighted by Crippen LogP contribution is 2.46. The zero-order valence-electron chi connectivity index (χ0n) is 56.0. The average Bonchev–Trinajstić information content (AvgIpc) is 1.97. The van der Waals surface area contributed by atoms with Gasteiger partial charge >= 0.3 is 0 Å². The van der Waals surface area contributed by atoms with Crippen molar-refractivity contribution >= 4 is 261 Å². The van der Waals surface area contributed by atoms with Gasteiger partial charge in [0.15, 0.2) is 0 Å². The molecule has 0 aromatic carbocycles. The minimum atomic E-state index is 0.787. The maximum atomic E-state index is 5.00. The van der Waals surface area contributed by atoms with Gasteiger partial charge in [-0.2, -0.15) is 0 Å². The Morgan fingerprint density at radius 2 is 0.270 bits per heavy atom. The van der Waals surface area contributed by atoms with Crippen LogP contribution in [0.25, 0.3) is 235 Å². The van der Waals surface area contributed by atoms with E-state index in [0.29, 0.717) is 0 Å². The smallest absolute Gasteiger partial charge is 0.143 e. The predicted octanol–water partition coefficient (Wildman–Crippen LogP) is 25.7. The van der Waals surface area contributed by atoms with Gasteiger partial charge in [0.1, 0.15) is 242 Å². The highest BCUT2D eigenvalue weighted by atomic mass is 32.2. The van der Waals surface area contributed by atoms with Gasteiger partial charge in [-0.25, -0.2) is 115 Å². The molecule has 0 aliphatic heterocycles. The Labute approximate surface area is 736 Å². The van der Waals surface area contributed by atoms with Gasteiger partial charge in [-0.05, 0) is 0 Å². The van der Waals surface area contributed by atoms with E-state index in [-0.39, 0.29) is 0 Å². The number of nitrogens with zero attached hydrogens (tertiary/aromatic N) is 23. The molecule has 23 heterocycles. The van der Waals surface area contributed by atoms with Crippen LogP contribution >= 0.6 is 261 Å². The number of thiazole rings is 23. The van der Waals surface area contributed by atoms with Crippen LogP contribution in [-0.4, -0.2) is 115 Å². The SMILES string of the molecule is [c]1csc(-c2csc(-c3csc(-c4csc(-c5csc(-c6csc(-c7csc(-c8csc(-c9csc(-c%10csc(-c%11csc(-c%12csc(-c%13csc(-c%14csc(-c%15csc(-c%16csc(-c%17csc(-c%18csc(-c%19csc(-c%20csc(-c%21csc(-c%22csc(-c%23cscn%23)n%22)n%21)n%20)n%19)n%18)n%17)n%16)n%15)n%14)n%13)n%12)n%11)n%10)n9)n8)n7)n6)n5)n4)n3)n2)n1. The lowest BCUT2D eigenvalue weighted by Gasteiger charge is -1.91. The molecule has 0 spiro atoms. The molecule has 46 heteroatoms. The third-order valence-electron chi connectivity index (χ3n) is 16.2. The Morgan fingerprint density at radius 1 is 0.139 bits per heavy atom. The number of rotatable bonds is 22. The molecule has 0 aliphatic carbocycles. The molecule has 0 saturated heterocycles. The van der Waals surface area contributed by atoms with E-state index < -0.39 is 0 Å². The first-order valence-corrected chi connectivity index (χ1v) is 52.9. The lowest BCUT2D eigenvalue weighted by Crippen LogP contribution is -1.83. The Kier molecular flexibility index (Phi) is 19.0. The molecule has 0 N–H and O–H groups in total. The fourth-order valence-electron chi connectivity index (χ4n) is 10.9. The van der Waals surface area contributed by atoms with Gasteiger partial charge in [-0.1, -0.05) is 0 Å². The Morgan fingerprint density at radius 3 is 0.383 bits per heavy atom. The molecule has 0 bridgehead atoms. The van der Waals surface area contributed by atoms with Crippen LogP contribution in [0.3, 0.4) is 0 Å². The molecule has 1 radical (unpaired) electrons. The van der Waals surface area contributed by atoms with Gasteiger partial charge in [0, 0.05) is 124 Å². The van der Waals surface area contributed by atoms with Gasteiger partial charge in [0.2, 0.25) is 0 Å².